The van der Waals surface area contributed by atoms with Gasteiger partial charge in [-0.05, 0) is 51.2 Å². The fourth-order valence-corrected chi connectivity index (χ4v) is 4.89. The van der Waals surface area contributed by atoms with Crippen LogP contribution in [0.25, 0.3) is 21.8 Å². The number of rotatable bonds is 3. The summed E-state index contributed by atoms with van der Waals surface area (Å²) in [6.07, 6.45) is 6.69. The quantitative estimate of drug-likeness (QED) is 0.712. The lowest BCUT2D eigenvalue weighted by Crippen LogP contribution is -2.20. The van der Waals surface area contributed by atoms with Crippen molar-refractivity contribution in [2.45, 2.75) is 45.1 Å². The number of carbonyl (C=O) groups excluding carboxylic acids is 1. The first kappa shape index (κ1) is 17.4. The molecule has 1 saturated carbocycles. The van der Waals surface area contributed by atoms with Gasteiger partial charge in [0.2, 0.25) is 0 Å². The number of hydrogen-bond acceptors (Lipinski definition) is 6. The van der Waals surface area contributed by atoms with Crippen molar-refractivity contribution in [1.29, 1.82) is 0 Å². The van der Waals surface area contributed by atoms with E-state index >= 15 is 0 Å². The molecule has 7 nitrogen and oxygen atoms in total. The number of aromatic nitrogens is 4. The molecule has 0 unspecified atom stereocenters. The molecular formula is C20H21N5O2S. The number of thiazole rings is 1. The van der Waals surface area contributed by atoms with Crippen LogP contribution in [0.3, 0.4) is 0 Å². The highest BCUT2D eigenvalue weighted by Gasteiger charge is 2.33. The van der Waals surface area contributed by atoms with Crippen LogP contribution >= 0.6 is 11.3 Å². The highest BCUT2D eigenvalue weighted by atomic mass is 32.1. The Morgan fingerprint density at radius 2 is 2.18 bits per heavy atom. The van der Waals surface area contributed by atoms with E-state index in [0.717, 1.165) is 58.9 Å². The van der Waals surface area contributed by atoms with Gasteiger partial charge < -0.3 is 4.74 Å². The number of nitrogens with one attached hydrogen (secondary N) is 1. The number of fused-ring (bicyclic) bond motifs is 3. The molecule has 1 N–H and O–H groups in total. The summed E-state index contributed by atoms with van der Waals surface area (Å²) in [6.45, 7) is 1.99. The van der Waals surface area contributed by atoms with Crippen LogP contribution in [0.5, 0.6) is 0 Å². The Hall–Kier alpha value is -2.74. The molecule has 3 heterocycles. The van der Waals surface area contributed by atoms with E-state index in [9.17, 15) is 4.79 Å². The Bertz CT molecular complexity index is 1050. The number of methoxy groups -OCH3 is 1. The van der Waals surface area contributed by atoms with Crippen molar-refractivity contribution in [2.75, 3.05) is 12.4 Å². The summed E-state index contributed by atoms with van der Waals surface area (Å²) < 4.78 is 6.91. The molecule has 144 valence electrons. The number of ether oxygens (including phenoxy) is 1. The Balaban J connectivity index is 1.63. The van der Waals surface area contributed by atoms with E-state index in [2.05, 4.69) is 26.0 Å². The van der Waals surface area contributed by atoms with Crippen molar-refractivity contribution in [3.05, 3.63) is 35.3 Å². The van der Waals surface area contributed by atoms with Gasteiger partial charge in [0.1, 0.15) is 0 Å². The Labute approximate surface area is 166 Å². The summed E-state index contributed by atoms with van der Waals surface area (Å²) in [4.78, 5) is 21.8. The average Bonchev–Trinajstić information content (AvgIpc) is 3.22. The Morgan fingerprint density at radius 3 is 2.86 bits per heavy atom. The van der Waals surface area contributed by atoms with E-state index in [1.54, 1.807) is 0 Å². The normalized spacial score (nSPS) is 15.5. The lowest BCUT2D eigenvalue weighted by Gasteiger charge is -2.28. The van der Waals surface area contributed by atoms with Gasteiger partial charge in [0.15, 0.2) is 5.13 Å². The first-order valence-corrected chi connectivity index (χ1v) is 10.3. The van der Waals surface area contributed by atoms with E-state index in [4.69, 9.17) is 9.84 Å². The van der Waals surface area contributed by atoms with Crippen LogP contribution in [0, 0.1) is 6.92 Å². The zero-order valence-corrected chi connectivity index (χ0v) is 16.7. The lowest BCUT2D eigenvalue weighted by atomic mass is 9.91. The smallest absolute Gasteiger partial charge is 0.413 e. The van der Waals surface area contributed by atoms with Gasteiger partial charge in [-0.2, -0.15) is 5.10 Å². The highest BCUT2D eigenvalue weighted by molar-refractivity contribution is 7.19. The maximum Gasteiger partial charge on any atom is 0.413 e. The van der Waals surface area contributed by atoms with Gasteiger partial charge in [0.05, 0.1) is 35.1 Å². The van der Waals surface area contributed by atoms with Crippen molar-refractivity contribution >= 4 is 22.6 Å². The molecule has 0 spiro atoms. The summed E-state index contributed by atoms with van der Waals surface area (Å²) >= 11 is 1.50. The van der Waals surface area contributed by atoms with Gasteiger partial charge in [0.25, 0.3) is 0 Å². The molecular weight excluding hydrogens is 374 g/mol. The second kappa shape index (κ2) is 6.70. The van der Waals surface area contributed by atoms with Crippen LogP contribution in [0.2, 0.25) is 0 Å². The molecule has 2 aliphatic rings. The van der Waals surface area contributed by atoms with Crippen LogP contribution in [-0.2, 0) is 17.6 Å². The third-order valence-electron chi connectivity index (χ3n) is 5.53. The van der Waals surface area contributed by atoms with Crippen molar-refractivity contribution in [3.8, 4) is 21.8 Å². The molecule has 0 aromatic carbocycles. The standard InChI is InChI=1S/C20H21N5O2S/c1-11-6-7-12(10-21-11)16-14-8-9-15-18(28-19(22-15)23-20(26)27-2)17(14)25(24-16)13-4-3-5-13/h6-7,10,13H,3-5,8-9H2,1-2H3,(H,22,23,26). The van der Waals surface area contributed by atoms with Gasteiger partial charge >= 0.3 is 6.09 Å². The third kappa shape index (κ3) is 2.79. The minimum atomic E-state index is -0.495. The molecule has 0 bridgehead atoms. The van der Waals surface area contributed by atoms with Crippen LogP contribution in [0.1, 0.15) is 42.3 Å². The highest BCUT2D eigenvalue weighted by Crippen LogP contribution is 2.46. The maximum absolute atomic E-state index is 11.6. The van der Waals surface area contributed by atoms with E-state index in [1.807, 2.05) is 19.2 Å². The molecule has 5 rings (SSSR count). The molecule has 28 heavy (non-hydrogen) atoms. The molecule has 1 fully saturated rings. The van der Waals surface area contributed by atoms with E-state index in [-0.39, 0.29) is 0 Å². The number of carbonyl (C=O) groups is 1. The first-order valence-electron chi connectivity index (χ1n) is 9.53. The fraction of sp³-hybridized carbons (Fsp3) is 0.400. The fourth-order valence-electron chi connectivity index (χ4n) is 3.82. The minimum absolute atomic E-state index is 0.436. The van der Waals surface area contributed by atoms with Gasteiger partial charge in [-0.25, -0.2) is 9.78 Å². The lowest BCUT2D eigenvalue weighted by molar-refractivity contribution is 0.187. The van der Waals surface area contributed by atoms with Gasteiger partial charge in [-0.1, -0.05) is 11.3 Å². The average molecular weight is 395 g/mol. The van der Waals surface area contributed by atoms with Gasteiger partial charge in [-0.3, -0.25) is 15.0 Å². The molecule has 2 aliphatic carbocycles. The monoisotopic (exact) mass is 395 g/mol. The second-order valence-electron chi connectivity index (χ2n) is 7.30. The topological polar surface area (TPSA) is 81.9 Å². The van der Waals surface area contributed by atoms with Crippen molar-refractivity contribution in [2.24, 2.45) is 0 Å². The number of anilines is 1. The van der Waals surface area contributed by atoms with Crippen LogP contribution in [0.4, 0.5) is 9.93 Å². The van der Waals surface area contributed by atoms with E-state index in [0.29, 0.717) is 11.2 Å². The molecule has 0 aliphatic heterocycles. The number of nitrogens with zero attached hydrogens (tertiary/aromatic N) is 4. The summed E-state index contributed by atoms with van der Waals surface area (Å²) in [6, 6.07) is 4.57. The number of aryl methyl sites for hydroxylation is 2. The first-order chi connectivity index (χ1) is 13.6. The Kier molecular flexibility index (Phi) is 4.16. The zero-order valence-electron chi connectivity index (χ0n) is 15.9. The maximum atomic E-state index is 11.6. The SMILES string of the molecule is COC(=O)Nc1nc2c(s1)-c1c(c(-c3ccc(C)nc3)nn1C1CCC1)CC2. The van der Waals surface area contributed by atoms with Crippen molar-refractivity contribution < 1.29 is 9.53 Å². The number of amides is 1. The van der Waals surface area contributed by atoms with E-state index in [1.165, 1.54) is 30.4 Å². The predicted octanol–water partition coefficient (Wildman–Crippen LogP) is 4.38. The van der Waals surface area contributed by atoms with Crippen LogP contribution < -0.4 is 5.32 Å². The number of pyridine rings is 1. The predicted molar refractivity (Wildman–Crippen MR) is 108 cm³/mol. The molecule has 0 radical (unpaired) electrons. The molecule has 8 heteroatoms. The minimum Gasteiger partial charge on any atom is -0.453 e. The molecule has 0 atom stereocenters. The van der Waals surface area contributed by atoms with E-state index < -0.39 is 6.09 Å². The van der Waals surface area contributed by atoms with Crippen LogP contribution in [0.15, 0.2) is 18.3 Å². The zero-order chi connectivity index (χ0) is 19.3. The summed E-state index contributed by atoms with van der Waals surface area (Å²) in [7, 11) is 1.36. The Morgan fingerprint density at radius 1 is 1.32 bits per heavy atom. The van der Waals surface area contributed by atoms with Crippen molar-refractivity contribution in [1.82, 2.24) is 19.7 Å². The molecule has 0 saturated heterocycles. The molecule has 1 amide bonds. The van der Waals surface area contributed by atoms with Crippen molar-refractivity contribution in [3.63, 3.8) is 0 Å². The molecule has 3 aromatic heterocycles. The second-order valence-corrected chi connectivity index (χ2v) is 8.30. The number of hydrogen-bond donors (Lipinski definition) is 1. The summed E-state index contributed by atoms with van der Waals surface area (Å²) in [5.41, 5.74) is 6.53. The summed E-state index contributed by atoms with van der Waals surface area (Å²) in [5, 5.41) is 8.32. The van der Waals surface area contributed by atoms with Crippen LogP contribution in [-0.4, -0.2) is 33.0 Å². The largest absolute Gasteiger partial charge is 0.453 e. The van der Waals surface area contributed by atoms with Gasteiger partial charge in [-0.15, -0.1) is 0 Å². The third-order valence-corrected chi connectivity index (χ3v) is 6.55. The summed E-state index contributed by atoms with van der Waals surface area (Å²) in [5.74, 6) is 0. The van der Waals surface area contributed by atoms with Gasteiger partial charge in [0, 0.05) is 23.0 Å². The molecule has 3 aromatic rings.